The average Bonchev–Trinajstić information content (AvgIpc) is 2.81. The van der Waals surface area contributed by atoms with Gasteiger partial charge in [0.2, 0.25) is 11.8 Å². The highest BCUT2D eigenvalue weighted by atomic mass is 35.5. The van der Waals surface area contributed by atoms with E-state index in [1.54, 1.807) is 0 Å². The van der Waals surface area contributed by atoms with Crippen LogP contribution in [0.2, 0.25) is 5.02 Å². The molecule has 0 heterocycles. The van der Waals surface area contributed by atoms with Crippen molar-refractivity contribution in [2.45, 2.75) is 18.9 Å². The van der Waals surface area contributed by atoms with Crippen molar-refractivity contribution in [2.75, 3.05) is 13.1 Å². The lowest BCUT2D eigenvalue weighted by molar-refractivity contribution is -0.125. The predicted octanol–water partition coefficient (Wildman–Crippen LogP) is 0.518. The highest BCUT2D eigenvalue weighted by molar-refractivity contribution is 6.31. The zero-order valence-corrected chi connectivity index (χ0v) is 11.2. The first kappa shape index (κ1) is 13.8. The Kier molecular flexibility index (Phi) is 4.39. The lowest BCUT2D eigenvalue weighted by Crippen LogP contribution is -2.40. The number of hydrogen-bond donors (Lipinski definition) is 3. The van der Waals surface area contributed by atoms with E-state index >= 15 is 0 Å². The second-order valence-electron chi connectivity index (χ2n) is 4.45. The Morgan fingerprint density at radius 1 is 1.37 bits per heavy atom. The van der Waals surface area contributed by atoms with Gasteiger partial charge >= 0.3 is 0 Å². The molecule has 0 saturated heterocycles. The summed E-state index contributed by atoms with van der Waals surface area (Å²) in [5.74, 6) is -0.565. The number of rotatable bonds is 4. The Hall–Kier alpha value is -1.59. The minimum Gasteiger partial charge on any atom is -0.348 e. The van der Waals surface area contributed by atoms with Crippen LogP contribution < -0.4 is 16.4 Å². The van der Waals surface area contributed by atoms with E-state index in [2.05, 4.69) is 10.6 Å². The van der Waals surface area contributed by atoms with E-state index in [0.29, 0.717) is 0 Å². The maximum absolute atomic E-state index is 11.7. The number of fused-ring (bicyclic) bond motifs is 1. The van der Waals surface area contributed by atoms with Crippen molar-refractivity contribution in [1.29, 1.82) is 0 Å². The highest BCUT2D eigenvalue weighted by Crippen LogP contribution is 2.35. The van der Waals surface area contributed by atoms with Crippen LogP contribution >= 0.6 is 11.6 Å². The van der Waals surface area contributed by atoms with Gasteiger partial charge in [0, 0.05) is 5.02 Å². The van der Waals surface area contributed by atoms with Crippen molar-refractivity contribution < 1.29 is 9.59 Å². The molecule has 19 heavy (non-hydrogen) atoms. The molecule has 0 saturated carbocycles. The van der Waals surface area contributed by atoms with Gasteiger partial charge in [-0.1, -0.05) is 23.7 Å². The fourth-order valence-electron chi connectivity index (χ4n) is 2.26. The zero-order chi connectivity index (χ0) is 13.8. The number of amides is 2. The molecule has 0 bridgehead atoms. The summed E-state index contributed by atoms with van der Waals surface area (Å²) in [7, 11) is 0. The smallest absolute Gasteiger partial charge is 0.239 e. The molecule has 2 amide bonds. The molecule has 0 aromatic heterocycles. The van der Waals surface area contributed by atoms with Gasteiger partial charge in [0.1, 0.15) is 0 Å². The molecule has 1 aliphatic carbocycles. The number of nitrogens with two attached hydrogens (primary N) is 1. The molecule has 4 N–H and O–H groups in total. The van der Waals surface area contributed by atoms with Gasteiger partial charge in [0.05, 0.1) is 19.1 Å². The molecule has 1 unspecified atom stereocenters. The maximum atomic E-state index is 11.7. The minimum atomic E-state index is -0.343. The number of halogens is 1. The molecule has 1 aromatic carbocycles. The minimum absolute atomic E-state index is 0.0315. The zero-order valence-electron chi connectivity index (χ0n) is 10.4. The van der Waals surface area contributed by atoms with E-state index in [1.807, 2.05) is 18.2 Å². The average molecular weight is 282 g/mol. The van der Waals surface area contributed by atoms with Crippen molar-refractivity contribution in [2.24, 2.45) is 5.73 Å². The predicted molar refractivity (Wildman–Crippen MR) is 72.7 cm³/mol. The third-order valence-electron chi connectivity index (χ3n) is 3.18. The summed E-state index contributed by atoms with van der Waals surface area (Å²) in [6, 6.07) is 5.67. The van der Waals surface area contributed by atoms with Crippen LogP contribution in [0.3, 0.4) is 0 Å². The van der Waals surface area contributed by atoms with Crippen molar-refractivity contribution in [3.05, 3.63) is 34.3 Å². The van der Waals surface area contributed by atoms with E-state index in [9.17, 15) is 9.59 Å². The van der Waals surface area contributed by atoms with E-state index in [1.165, 1.54) is 0 Å². The van der Waals surface area contributed by atoms with Gasteiger partial charge < -0.3 is 16.4 Å². The Morgan fingerprint density at radius 3 is 2.89 bits per heavy atom. The fraction of sp³-hybridized carbons (Fsp3) is 0.385. The van der Waals surface area contributed by atoms with Gasteiger partial charge in [-0.3, -0.25) is 9.59 Å². The lowest BCUT2D eigenvalue weighted by atomic mass is 10.1. The van der Waals surface area contributed by atoms with Gasteiger partial charge in [0.15, 0.2) is 0 Å². The summed E-state index contributed by atoms with van der Waals surface area (Å²) < 4.78 is 0. The van der Waals surface area contributed by atoms with Crippen LogP contribution in [0.1, 0.15) is 23.6 Å². The first-order chi connectivity index (χ1) is 9.11. The van der Waals surface area contributed by atoms with Gasteiger partial charge in [-0.25, -0.2) is 0 Å². The molecule has 2 rings (SSSR count). The number of nitrogens with one attached hydrogen (secondary N) is 2. The summed E-state index contributed by atoms with van der Waals surface area (Å²) in [6.07, 6.45) is 1.69. The van der Waals surface area contributed by atoms with Gasteiger partial charge in [0.25, 0.3) is 0 Å². The van der Waals surface area contributed by atoms with E-state index < -0.39 is 0 Å². The molecule has 1 aromatic rings. The third-order valence-corrected chi connectivity index (χ3v) is 3.53. The Labute approximate surface area is 116 Å². The molecule has 102 valence electrons. The normalized spacial score (nSPS) is 16.8. The molecular weight excluding hydrogens is 266 g/mol. The molecule has 6 heteroatoms. The van der Waals surface area contributed by atoms with Crippen molar-refractivity contribution in [3.8, 4) is 0 Å². The summed E-state index contributed by atoms with van der Waals surface area (Å²) in [4.78, 5) is 22.7. The van der Waals surface area contributed by atoms with Gasteiger partial charge in [-0.05, 0) is 30.0 Å². The van der Waals surface area contributed by atoms with Crippen LogP contribution in [0.25, 0.3) is 0 Å². The Balaban J connectivity index is 1.94. The topological polar surface area (TPSA) is 84.2 Å². The standard InChI is InChI=1S/C13H16ClN3O2/c14-10-3-1-2-9-8(10)4-5-11(9)17-13(19)7-16-12(18)6-15/h1-3,11H,4-7,15H2,(H,16,18)(H,17,19). The number of hydrogen-bond acceptors (Lipinski definition) is 3. The summed E-state index contributed by atoms with van der Waals surface area (Å²) in [5, 5.41) is 6.07. The molecule has 0 radical (unpaired) electrons. The Bertz CT molecular complexity index is 505. The molecule has 0 aliphatic heterocycles. The second kappa shape index (κ2) is 6.04. The fourth-order valence-corrected chi connectivity index (χ4v) is 2.53. The van der Waals surface area contributed by atoms with Crippen LogP contribution in [-0.2, 0) is 16.0 Å². The highest BCUT2D eigenvalue weighted by Gasteiger charge is 2.25. The monoisotopic (exact) mass is 281 g/mol. The number of benzene rings is 1. The molecule has 0 spiro atoms. The molecule has 1 atom stereocenters. The van der Waals surface area contributed by atoms with Crippen LogP contribution in [0.15, 0.2) is 18.2 Å². The van der Waals surface area contributed by atoms with Crippen molar-refractivity contribution in [1.82, 2.24) is 10.6 Å². The molecule has 5 nitrogen and oxygen atoms in total. The quantitative estimate of drug-likeness (QED) is 0.752. The van der Waals surface area contributed by atoms with Gasteiger partial charge in [-0.15, -0.1) is 0 Å². The summed E-state index contributed by atoms with van der Waals surface area (Å²) in [6.45, 7) is -0.169. The van der Waals surface area contributed by atoms with E-state index in [0.717, 1.165) is 29.0 Å². The maximum Gasteiger partial charge on any atom is 0.239 e. The third kappa shape index (κ3) is 3.24. The number of carbonyl (C=O) groups excluding carboxylic acids is 2. The SMILES string of the molecule is NCC(=O)NCC(=O)NC1CCc2c(Cl)cccc21. The van der Waals surface area contributed by atoms with Crippen LogP contribution in [-0.4, -0.2) is 24.9 Å². The van der Waals surface area contributed by atoms with Gasteiger partial charge in [-0.2, -0.15) is 0 Å². The van der Waals surface area contributed by atoms with Crippen LogP contribution in [0.4, 0.5) is 0 Å². The number of carbonyl (C=O) groups is 2. The first-order valence-corrected chi connectivity index (χ1v) is 6.53. The summed E-state index contributed by atoms with van der Waals surface area (Å²) >= 11 is 6.11. The van der Waals surface area contributed by atoms with E-state index in [4.69, 9.17) is 17.3 Å². The Morgan fingerprint density at radius 2 is 2.16 bits per heavy atom. The van der Waals surface area contributed by atoms with E-state index in [-0.39, 0.29) is 30.9 Å². The first-order valence-electron chi connectivity index (χ1n) is 6.15. The summed E-state index contributed by atoms with van der Waals surface area (Å²) in [5.41, 5.74) is 7.30. The second-order valence-corrected chi connectivity index (χ2v) is 4.85. The lowest BCUT2D eigenvalue weighted by Gasteiger charge is -2.14. The van der Waals surface area contributed by atoms with Crippen LogP contribution in [0, 0.1) is 0 Å². The largest absolute Gasteiger partial charge is 0.348 e. The van der Waals surface area contributed by atoms with Crippen molar-refractivity contribution in [3.63, 3.8) is 0 Å². The van der Waals surface area contributed by atoms with Crippen molar-refractivity contribution >= 4 is 23.4 Å². The van der Waals surface area contributed by atoms with Crippen LogP contribution in [0.5, 0.6) is 0 Å². The molecular formula is C13H16ClN3O2. The molecule has 1 aliphatic rings. The molecule has 0 fully saturated rings.